The third-order valence-electron chi connectivity index (χ3n) is 1.82. The first-order valence-electron chi connectivity index (χ1n) is 4.86. The first-order valence-corrected chi connectivity index (χ1v) is 4.86. The summed E-state index contributed by atoms with van der Waals surface area (Å²) >= 11 is 0. The molecule has 0 aromatic heterocycles. The molecule has 0 unspecified atom stereocenters. The molecule has 0 fully saturated rings. The second-order valence-electron chi connectivity index (χ2n) is 3.00. The normalized spacial score (nSPS) is 14.8. The van der Waals surface area contributed by atoms with Crippen LogP contribution in [-0.2, 0) is 4.84 Å². The smallest absolute Gasteiger partial charge is 0.354 e. The number of amides is 1. The van der Waals surface area contributed by atoms with Crippen molar-refractivity contribution in [1.29, 1.82) is 0 Å². The highest BCUT2D eigenvalue weighted by atomic mass is 16.7. The molecule has 0 aliphatic heterocycles. The number of allylic oxidation sites excluding steroid dienone is 2. The number of rotatable bonds is 4. The highest BCUT2D eigenvalue weighted by Crippen LogP contribution is 2.07. The lowest BCUT2D eigenvalue weighted by atomic mass is 10.1. The van der Waals surface area contributed by atoms with Gasteiger partial charge in [-0.25, -0.2) is 4.79 Å². The molecule has 0 bridgehead atoms. The minimum Gasteiger partial charge on any atom is -0.354 e. The molecule has 1 aliphatic rings. The summed E-state index contributed by atoms with van der Waals surface area (Å²) < 4.78 is 0. The van der Waals surface area contributed by atoms with Gasteiger partial charge in [0.1, 0.15) is 0 Å². The molecule has 4 nitrogen and oxygen atoms in total. The number of hydrogen-bond acceptors (Lipinski definition) is 3. The van der Waals surface area contributed by atoms with Gasteiger partial charge >= 0.3 is 6.09 Å². The summed E-state index contributed by atoms with van der Waals surface area (Å²) in [5.74, 6) is 0. The van der Waals surface area contributed by atoms with Crippen LogP contribution < -0.4 is 10.8 Å². The first-order chi connectivity index (χ1) is 6.83. The lowest BCUT2D eigenvalue weighted by molar-refractivity contribution is 0.0932. The van der Waals surface area contributed by atoms with Gasteiger partial charge in [0.05, 0.1) is 0 Å². The van der Waals surface area contributed by atoms with Gasteiger partial charge in [0.2, 0.25) is 0 Å². The Morgan fingerprint density at radius 3 is 3.07 bits per heavy atom. The van der Waals surface area contributed by atoms with E-state index in [4.69, 9.17) is 0 Å². The van der Waals surface area contributed by atoms with E-state index in [0.717, 1.165) is 18.4 Å². The Bertz CT molecular complexity index is 247. The quantitative estimate of drug-likeness (QED) is 0.670. The molecule has 2 N–H and O–H groups in total. The molecule has 0 radical (unpaired) electrons. The molecule has 0 spiro atoms. The Labute approximate surface area is 84.0 Å². The van der Waals surface area contributed by atoms with Crippen LogP contribution in [0.25, 0.3) is 0 Å². The van der Waals surface area contributed by atoms with Gasteiger partial charge < -0.3 is 10.2 Å². The van der Waals surface area contributed by atoms with Crippen LogP contribution in [0, 0.1) is 0 Å². The lowest BCUT2D eigenvalue weighted by Gasteiger charge is -2.08. The zero-order valence-electron chi connectivity index (χ0n) is 8.38. The number of carbonyl (C=O) groups is 1. The number of hydroxylamine groups is 1. The third kappa shape index (κ3) is 4.09. The Balaban J connectivity index is 2.16. The van der Waals surface area contributed by atoms with Gasteiger partial charge in [0.15, 0.2) is 0 Å². The van der Waals surface area contributed by atoms with Crippen LogP contribution in [0.5, 0.6) is 0 Å². The topological polar surface area (TPSA) is 50.4 Å². The van der Waals surface area contributed by atoms with Crippen molar-refractivity contribution in [3.63, 3.8) is 0 Å². The zero-order chi connectivity index (χ0) is 10.2. The van der Waals surface area contributed by atoms with E-state index in [1.165, 1.54) is 0 Å². The second kappa shape index (κ2) is 6.21. The minimum absolute atomic E-state index is 0.438. The summed E-state index contributed by atoms with van der Waals surface area (Å²) in [6.07, 6.45) is 7.95. The molecule has 1 aliphatic carbocycles. The van der Waals surface area contributed by atoms with Crippen LogP contribution in [0.15, 0.2) is 23.8 Å². The summed E-state index contributed by atoms with van der Waals surface area (Å²) in [6.45, 7) is 3.00. The lowest BCUT2D eigenvalue weighted by Crippen LogP contribution is -2.31. The SMILES string of the molecule is CCNOC(=O)NCC1=CCCC=C1. The molecule has 0 saturated heterocycles. The van der Waals surface area contributed by atoms with Gasteiger partial charge in [-0.2, -0.15) is 5.48 Å². The van der Waals surface area contributed by atoms with Crippen LogP contribution in [0.4, 0.5) is 4.79 Å². The second-order valence-corrected chi connectivity index (χ2v) is 3.00. The standard InChI is InChI=1S/C10H16N2O2/c1-2-12-14-10(13)11-8-9-6-4-3-5-7-9/h4,6-7,12H,2-3,5,8H2,1H3,(H,11,13). The molecule has 14 heavy (non-hydrogen) atoms. The van der Waals surface area contributed by atoms with E-state index in [1.807, 2.05) is 13.0 Å². The molecule has 0 aromatic carbocycles. The van der Waals surface area contributed by atoms with Crippen molar-refractivity contribution >= 4 is 6.09 Å². The Morgan fingerprint density at radius 2 is 2.43 bits per heavy atom. The molecule has 0 heterocycles. The Kier molecular flexibility index (Phi) is 4.78. The maximum absolute atomic E-state index is 11.0. The minimum atomic E-state index is -0.438. The van der Waals surface area contributed by atoms with E-state index in [1.54, 1.807) is 0 Å². The predicted octanol–water partition coefficient (Wildman–Crippen LogP) is 1.51. The third-order valence-corrected chi connectivity index (χ3v) is 1.82. The molecule has 0 atom stereocenters. The van der Waals surface area contributed by atoms with E-state index < -0.39 is 6.09 Å². The fourth-order valence-electron chi connectivity index (χ4n) is 1.15. The van der Waals surface area contributed by atoms with E-state index in [9.17, 15) is 4.79 Å². The summed E-state index contributed by atoms with van der Waals surface area (Å²) in [7, 11) is 0. The predicted molar refractivity (Wildman–Crippen MR) is 54.6 cm³/mol. The van der Waals surface area contributed by atoms with E-state index >= 15 is 0 Å². The fourth-order valence-corrected chi connectivity index (χ4v) is 1.15. The van der Waals surface area contributed by atoms with Gasteiger partial charge in [0, 0.05) is 13.1 Å². The van der Waals surface area contributed by atoms with Gasteiger partial charge in [-0.1, -0.05) is 18.2 Å². The van der Waals surface area contributed by atoms with Crippen LogP contribution >= 0.6 is 0 Å². The summed E-state index contributed by atoms with van der Waals surface area (Å²) in [6, 6.07) is 0. The molecular formula is C10H16N2O2. The monoisotopic (exact) mass is 196 g/mol. The molecule has 78 valence electrons. The van der Waals surface area contributed by atoms with Crippen molar-refractivity contribution in [2.45, 2.75) is 19.8 Å². The van der Waals surface area contributed by atoms with Crippen LogP contribution in [-0.4, -0.2) is 19.2 Å². The van der Waals surface area contributed by atoms with Gasteiger partial charge in [-0.05, 0) is 25.3 Å². The van der Waals surface area contributed by atoms with Crippen LogP contribution in [0.3, 0.4) is 0 Å². The molecule has 0 saturated carbocycles. The van der Waals surface area contributed by atoms with Crippen molar-refractivity contribution in [2.24, 2.45) is 0 Å². The van der Waals surface area contributed by atoms with Crippen molar-refractivity contribution in [1.82, 2.24) is 10.8 Å². The van der Waals surface area contributed by atoms with Gasteiger partial charge in [-0.15, -0.1) is 0 Å². The number of nitrogens with one attached hydrogen (secondary N) is 2. The van der Waals surface area contributed by atoms with E-state index in [-0.39, 0.29) is 0 Å². The number of hydrogen-bond donors (Lipinski definition) is 2. The molecular weight excluding hydrogens is 180 g/mol. The molecule has 0 aromatic rings. The Morgan fingerprint density at radius 1 is 1.57 bits per heavy atom. The van der Waals surface area contributed by atoms with Crippen LogP contribution in [0.1, 0.15) is 19.8 Å². The van der Waals surface area contributed by atoms with Gasteiger partial charge in [0.25, 0.3) is 0 Å². The Hall–Kier alpha value is -1.29. The van der Waals surface area contributed by atoms with Crippen molar-refractivity contribution in [3.05, 3.63) is 23.8 Å². The highest BCUT2D eigenvalue weighted by Gasteiger charge is 2.02. The van der Waals surface area contributed by atoms with Crippen LogP contribution in [0.2, 0.25) is 0 Å². The zero-order valence-corrected chi connectivity index (χ0v) is 8.38. The summed E-state index contributed by atoms with van der Waals surface area (Å²) in [5, 5.41) is 2.64. The van der Waals surface area contributed by atoms with Crippen molar-refractivity contribution < 1.29 is 9.63 Å². The van der Waals surface area contributed by atoms with Crippen molar-refractivity contribution in [3.8, 4) is 0 Å². The summed E-state index contributed by atoms with van der Waals surface area (Å²) in [5.41, 5.74) is 3.62. The van der Waals surface area contributed by atoms with E-state index in [0.29, 0.717) is 13.1 Å². The number of carbonyl (C=O) groups excluding carboxylic acids is 1. The van der Waals surface area contributed by atoms with Gasteiger partial charge in [-0.3, -0.25) is 0 Å². The molecule has 1 amide bonds. The maximum Gasteiger partial charge on any atom is 0.426 e. The highest BCUT2D eigenvalue weighted by molar-refractivity contribution is 5.67. The van der Waals surface area contributed by atoms with Crippen molar-refractivity contribution in [2.75, 3.05) is 13.1 Å². The van der Waals surface area contributed by atoms with E-state index in [2.05, 4.69) is 27.8 Å². The largest absolute Gasteiger partial charge is 0.426 e. The molecule has 4 heteroatoms. The maximum atomic E-state index is 11.0. The average molecular weight is 196 g/mol. The molecule has 1 rings (SSSR count). The summed E-state index contributed by atoms with van der Waals surface area (Å²) in [4.78, 5) is 15.6. The fraction of sp³-hybridized carbons (Fsp3) is 0.500. The average Bonchev–Trinajstić information content (AvgIpc) is 2.25. The first kappa shape index (κ1) is 10.8.